The first-order valence-corrected chi connectivity index (χ1v) is 18.9. The van der Waals surface area contributed by atoms with E-state index in [1.165, 1.54) is 4.57 Å². The highest BCUT2D eigenvalue weighted by molar-refractivity contribution is 8.32. The van der Waals surface area contributed by atoms with Gasteiger partial charge in [-0.1, -0.05) is 37.6 Å². The van der Waals surface area contributed by atoms with Gasteiger partial charge in [0.2, 0.25) is 5.90 Å². The molecule has 1 atom stereocenters. The van der Waals surface area contributed by atoms with Crippen molar-refractivity contribution in [1.82, 2.24) is 19.6 Å². The summed E-state index contributed by atoms with van der Waals surface area (Å²) in [5.74, 6) is 2.03. The summed E-state index contributed by atoms with van der Waals surface area (Å²) in [4.78, 5) is 42.0. The molecule has 246 valence electrons. The molecule has 0 radical (unpaired) electrons. The van der Waals surface area contributed by atoms with Crippen LogP contribution >= 0.6 is 21.6 Å². The predicted molar refractivity (Wildman–Crippen MR) is 188 cm³/mol. The SMILES string of the molecule is CCCn1c(=O)c2cc(COCCS(C)(C)C)c(-c3ccc(OCC4=NC(c5ccc(Cl)cc5)NO4)cc3)nc2n(CCC)c1=O. The Labute approximate surface area is 275 Å². The van der Waals surface area contributed by atoms with Gasteiger partial charge in [-0.15, -0.1) is 5.48 Å². The lowest BCUT2D eigenvalue weighted by molar-refractivity contribution is 0.136. The molecule has 2 aromatic heterocycles. The van der Waals surface area contributed by atoms with Crippen LogP contribution in [0.5, 0.6) is 5.75 Å². The zero-order valence-corrected chi connectivity index (χ0v) is 28.6. The van der Waals surface area contributed by atoms with Gasteiger partial charge in [-0.2, -0.15) is 0 Å². The van der Waals surface area contributed by atoms with Crippen LogP contribution in [-0.2, 0) is 29.3 Å². The van der Waals surface area contributed by atoms with E-state index in [4.69, 9.17) is 30.9 Å². The summed E-state index contributed by atoms with van der Waals surface area (Å²) in [5, 5.41) is 1.08. The number of benzene rings is 2. The molecular formula is C34H42ClN5O5S. The van der Waals surface area contributed by atoms with Crippen molar-refractivity contribution in [2.75, 3.05) is 37.7 Å². The summed E-state index contributed by atoms with van der Waals surface area (Å²) in [6, 6.07) is 16.8. The number of rotatable bonds is 14. The van der Waals surface area contributed by atoms with Crippen molar-refractivity contribution < 1.29 is 14.3 Å². The number of hydroxylamine groups is 1. The van der Waals surface area contributed by atoms with Crippen molar-refractivity contribution in [3.05, 3.63) is 91.6 Å². The fraction of sp³-hybridized carbons (Fsp3) is 0.412. The van der Waals surface area contributed by atoms with Crippen LogP contribution in [0.25, 0.3) is 22.3 Å². The highest BCUT2D eigenvalue weighted by Gasteiger charge is 2.21. The molecule has 0 saturated heterocycles. The van der Waals surface area contributed by atoms with E-state index in [1.807, 2.05) is 68.4 Å². The minimum atomic E-state index is -0.718. The molecule has 1 unspecified atom stereocenters. The molecule has 0 fully saturated rings. The van der Waals surface area contributed by atoms with Crippen molar-refractivity contribution >= 4 is 38.6 Å². The molecule has 1 aliphatic heterocycles. The topological polar surface area (TPSA) is 109 Å². The molecule has 4 aromatic rings. The van der Waals surface area contributed by atoms with E-state index >= 15 is 0 Å². The Kier molecular flexibility index (Phi) is 10.9. The van der Waals surface area contributed by atoms with E-state index in [0.29, 0.717) is 66.1 Å². The highest BCUT2D eigenvalue weighted by atomic mass is 35.5. The van der Waals surface area contributed by atoms with E-state index in [0.717, 1.165) is 28.9 Å². The van der Waals surface area contributed by atoms with Gasteiger partial charge in [-0.3, -0.25) is 13.9 Å². The van der Waals surface area contributed by atoms with Crippen LogP contribution < -0.4 is 21.5 Å². The minimum Gasteiger partial charge on any atom is -0.484 e. The summed E-state index contributed by atoms with van der Waals surface area (Å²) < 4.78 is 15.0. The summed E-state index contributed by atoms with van der Waals surface area (Å²) in [7, 11) is -0.718. The largest absolute Gasteiger partial charge is 0.484 e. The zero-order valence-electron chi connectivity index (χ0n) is 27.0. The lowest BCUT2D eigenvalue weighted by Crippen LogP contribution is -2.40. The summed E-state index contributed by atoms with van der Waals surface area (Å²) >= 11 is 6.00. The Bertz CT molecular complexity index is 1810. The quantitative estimate of drug-likeness (QED) is 0.166. The van der Waals surface area contributed by atoms with Crippen LogP contribution in [0.15, 0.2) is 69.2 Å². The number of nitrogens with zero attached hydrogens (tertiary/aromatic N) is 4. The molecule has 1 N–H and O–H groups in total. The first-order valence-electron chi connectivity index (χ1n) is 15.5. The van der Waals surface area contributed by atoms with Crippen LogP contribution in [0.2, 0.25) is 5.02 Å². The van der Waals surface area contributed by atoms with Gasteiger partial charge in [-0.05, 0) is 79.6 Å². The fourth-order valence-electron chi connectivity index (χ4n) is 5.10. The van der Waals surface area contributed by atoms with Crippen molar-refractivity contribution in [3.63, 3.8) is 0 Å². The third kappa shape index (κ3) is 8.01. The monoisotopic (exact) mass is 667 g/mol. The minimum absolute atomic E-state index is 0.146. The number of aromatic nitrogens is 3. The van der Waals surface area contributed by atoms with E-state index in [9.17, 15) is 9.59 Å². The van der Waals surface area contributed by atoms with Gasteiger partial charge >= 0.3 is 5.69 Å². The van der Waals surface area contributed by atoms with E-state index in [1.54, 1.807) is 4.57 Å². The molecule has 5 rings (SSSR count). The maximum absolute atomic E-state index is 13.5. The molecule has 2 aromatic carbocycles. The molecule has 3 heterocycles. The van der Waals surface area contributed by atoms with Crippen molar-refractivity contribution in [3.8, 4) is 17.0 Å². The summed E-state index contributed by atoms with van der Waals surface area (Å²) in [6.07, 6.45) is 7.84. The number of ether oxygens (including phenoxy) is 2. The third-order valence-electron chi connectivity index (χ3n) is 7.50. The number of nitrogens with one attached hydrogen (secondary N) is 1. The van der Waals surface area contributed by atoms with E-state index in [-0.39, 0.29) is 24.0 Å². The second-order valence-corrected chi connectivity index (χ2v) is 17.1. The molecule has 46 heavy (non-hydrogen) atoms. The number of aliphatic imine (C=N–C) groups is 1. The van der Waals surface area contributed by atoms with Crippen LogP contribution in [0.3, 0.4) is 0 Å². The molecule has 0 aliphatic carbocycles. The molecule has 12 heteroatoms. The van der Waals surface area contributed by atoms with Gasteiger partial charge in [0.05, 0.1) is 24.3 Å². The van der Waals surface area contributed by atoms with Gasteiger partial charge < -0.3 is 14.3 Å². The standard InChI is InChI=1S/C34H42ClN5O5S/c1-6-16-39-32-28(33(41)40(17-7-2)34(39)42)20-25(21-43-18-19-46(3,4)5)30(37-32)23-10-14-27(15-11-23)44-22-29-36-31(38-45-29)24-8-12-26(35)13-9-24/h8-15,20,31,38H,6-7,16-19,21-22H2,1-5H3. The van der Waals surface area contributed by atoms with E-state index < -0.39 is 10.0 Å². The predicted octanol–water partition coefficient (Wildman–Crippen LogP) is 5.92. The number of halogens is 1. The molecule has 1 aliphatic rings. The molecular weight excluding hydrogens is 626 g/mol. The first kappa shape index (κ1) is 33.7. The fourth-order valence-corrected chi connectivity index (χ4v) is 5.85. The average molecular weight is 668 g/mol. The maximum atomic E-state index is 13.5. The Morgan fingerprint density at radius 1 is 0.957 bits per heavy atom. The molecule has 0 saturated carbocycles. The molecule has 0 spiro atoms. The van der Waals surface area contributed by atoms with Crippen molar-refractivity contribution in [1.29, 1.82) is 0 Å². The Morgan fingerprint density at radius 3 is 2.33 bits per heavy atom. The number of hydrogen-bond donors (Lipinski definition) is 1. The highest BCUT2D eigenvalue weighted by Crippen LogP contribution is 2.34. The van der Waals surface area contributed by atoms with Gasteiger partial charge in [-0.25, -0.2) is 24.8 Å². The van der Waals surface area contributed by atoms with Gasteiger partial charge in [0.15, 0.2) is 12.8 Å². The average Bonchev–Trinajstić information content (AvgIpc) is 3.51. The lowest BCUT2D eigenvalue weighted by Gasteiger charge is -2.24. The Hall–Kier alpha value is -3.64. The number of aryl methyl sites for hydroxylation is 1. The first-order chi connectivity index (χ1) is 22.1. The third-order valence-corrected chi connectivity index (χ3v) is 9.15. The molecule has 0 amide bonds. The van der Waals surface area contributed by atoms with Gasteiger partial charge in [0.1, 0.15) is 11.4 Å². The maximum Gasteiger partial charge on any atom is 0.332 e. The normalized spacial score (nSPS) is 15.2. The van der Waals surface area contributed by atoms with Crippen molar-refractivity contribution in [2.45, 2.75) is 52.6 Å². The Morgan fingerprint density at radius 2 is 1.65 bits per heavy atom. The van der Waals surface area contributed by atoms with Crippen LogP contribution in [-0.4, -0.2) is 57.7 Å². The smallest absolute Gasteiger partial charge is 0.332 e. The van der Waals surface area contributed by atoms with Crippen molar-refractivity contribution in [2.24, 2.45) is 4.99 Å². The van der Waals surface area contributed by atoms with E-state index in [2.05, 4.69) is 29.2 Å². The van der Waals surface area contributed by atoms with Crippen LogP contribution in [0.4, 0.5) is 0 Å². The lowest BCUT2D eigenvalue weighted by atomic mass is 10.0. The Balaban J connectivity index is 1.43. The zero-order chi connectivity index (χ0) is 32.8. The van der Waals surface area contributed by atoms with Crippen LogP contribution in [0.1, 0.15) is 44.0 Å². The number of hydrogen-bond acceptors (Lipinski definition) is 8. The number of fused-ring (bicyclic) bond motifs is 1. The number of pyridine rings is 1. The second-order valence-electron chi connectivity index (χ2n) is 12.1. The van der Waals surface area contributed by atoms with Crippen LogP contribution in [0, 0.1) is 0 Å². The second kappa shape index (κ2) is 14.8. The van der Waals surface area contributed by atoms with Gasteiger partial charge in [0.25, 0.3) is 5.56 Å². The molecule has 0 bridgehead atoms. The summed E-state index contributed by atoms with van der Waals surface area (Å²) in [5.41, 5.74) is 5.85. The molecule has 10 nitrogen and oxygen atoms in total. The van der Waals surface area contributed by atoms with Gasteiger partial charge in [0, 0.05) is 35.0 Å². The summed E-state index contributed by atoms with van der Waals surface area (Å²) in [6.45, 7) is 5.83.